The molecule has 0 spiro atoms. The van der Waals surface area contributed by atoms with Crippen molar-refractivity contribution in [1.82, 2.24) is 9.97 Å². The van der Waals surface area contributed by atoms with Crippen LogP contribution in [0.3, 0.4) is 0 Å². The third kappa shape index (κ3) is 3.70. The summed E-state index contributed by atoms with van der Waals surface area (Å²) in [7, 11) is 0. The van der Waals surface area contributed by atoms with Crippen LogP contribution in [0.4, 0.5) is 0 Å². The summed E-state index contributed by atoms with van der Waals surface area (Å²) >= 11 is 1.60. The normalized spacial score (nSPS) is 10.6. The van der Waals surface area contributed by atoms with Gasteiger partial charge >= 0.3 is 0 Å². The molecule has 1 N–H and O–H groups in total. The first-order valence-electron chi connectivity index (χ1n) is 6.47. The number of hydrogen-bond acceptors (Lipinski definition) is 3. The van der Waals surface area contributed by atoms with Crippen molar-refractivity contribution in [3.8, 4) is 0 Å². The van der Waals surface area contributed by atoms with Crippen LogP contribution >= 0.6 is 11.8 Å². The van der Waals surface area contributed by atoms with Gasteiger partial charge in [-0.3, -0.25) is 4.79 Å². The molecule has 0 radical (unpaired) electrons. The van der Waals surface area contributed by atoms with Gasteiger partial charge in [-0.2, -0.15) is 0 Å². The molecule has 3 nitrogen and oxygen atoms in total. The number of aromatic amines is 1. The Morgan fingerprint density at radius 3 is 2.63 bits per heavy atom. The predicted octanol–water partition coefficient (Wildman–Crippen LogP) is 2.98. The molecule has 0 saturated carbocycles. The van der Waals surface area contributed by atoms with Gasteiger partial charge in [-0.15, -0.1) is 0 Å². The molecular weight excluding hydrogens is 256 g/mol. The Labute approximate surface area is 117 Å². The van der Waals surface area contributed by atoms with Gasteiger partial charge in [-0.05, 0) is 25.3 Å². The number of H-pyrrole nitrogens is 1. The van der Waals surface area contributed by atoms with Crippen LogP contribution in [0.2, 0.25) is 0 Å². The fraction of sp³-hybridized carbons (Fsp3) is 0.333. The highest BCUT2D eigenvalue weighted by atomic mass is 32.2. The molecule has 0 aliphatic carbocycles. The largest absolute Gasteiger partial charge is 0.301 e. The lowest BCUT2D eigenvalue weighted by atomic mass is 10.2. The highest BCUT2D eigenvalue weighted by molar-refractivity contribution is 7.99. The van der Waals surface area contributed by atoms with Crippen molar-refractivity contribution in [2.24, 2.45) is 0 Å². The number of thioether (sulfide) groups is 1. The fourth-order valence-electron chi connectivity index (χ4n) is 1.98. The van der Waals surface area contributed by atoms with Crippen LogP contribution < -0.4 is 5.56 Å². The molecule has 0 aliphatic rings. The quantitative estimate of drug-likeness (QED) is 0.673. The molecule has 2 aromatic rings. The molecule has 0 amide bonds. The van der Waals surface area contributed by atoms with Crippen LogP contribution in [-0.2, 0) is 12.8 Å². The van der Waals surface area contributed by atoms with E-state index in [-0.39, 0.29) is 5.56 Å². The van der Waals surface area contributed by atoms with Gasteiger partial charge in [0.1, 0.15) is 0 Å². The second kappa shape index (κ2) is 6.57. The van der Waals surface area contributed by atoms with Crippen molar-refractivity contribution in [3.05, 3.63) is 57.5 Å². The molecule has 0 atom stereocenters. The average molecular weight is 274 g/mol. The standard InChI is InChI=1S/C15H18N2OS/c1-3-13-11(2)16-15(17-14(13)18)19-10-9-12-7-5-4-6-8-12/h4-8H,3,9-10H2,1-2H3,(H,16,17,18). The maximum Gasteiger partial charge on any atom is 0.254 e. The Morgan fingerprint density at radius 1 is 1.26 bits per heavy atom. The SMILES string of the molecule is CCc1c(C)nc(SCCc2ccccc2)[nH]c1=O. The minimum absolute atomic E-state index is 0.00258. The number of hydrogen-bond donors (Lipinski definition) is 1. The summed E-state index contributed by atoms with van der Waals surface area (Å²) in [5.41, 5.74) is 2.93. The van der Waals surface area contributed by atoms with Gasteiger partial charge in [-0.25, -0.2) is 4.98 Å². The first kappa shape index (κ1) is 13.9. The summed E-state index contributed by atoms with van der Waals surface area (Å²) < 4.78 is 0. The molecule has 2 rings (SSSR count). The van der Waals surface area contributed by atoms with E-state index in [1.54, 1.807) is 11.8 Å². The van der Waals surface area contributed by atoms with Crippen molar-refractivity contribution in [2.45, 2.75) is 31.8 Å². The van der Waals surface area contributed by atoms with Gasteiger partial charge in [-0.1, -0.05) is 49.0 Å². The van der Waals surface area contributed by atoms with Gasteiger partial charge < -0.3 is 4.98 Å². The number of aryl methyl sites for hydroxylation is 2. The molecule has 100 valence electrons. The zero-order valence-electron chi connectivity index (χ0n) is 11.3. The minimum atomic E-state index is -0.00258. The maximum absolute atomic E-state index is 11.8. The van der Waals surface area contributed by atoms with Crippen LogP contribution in [0.25, 0.3) is 0 Å². The highest BCUT2D eigenvalue weighted by Crippen LogP contribution is 2.14. The van der Waals surface area contributed by atoms with Crippen molar-refractivity contribution in [3.63, 3.8) is 0 Å². The third-order valence-electron chi connectivity index (χ3n) is 3.03. The van der Waals surface area contributed by atoms with Gasteiger partial charge in [0.15, 0.2) is 5.16 Å². The maximum atomic E-state index is 11.8. The van der Waals surface area contributed by atoms with E-state index in [9.17, 15) is 4.79 Å². The van der Waals surface area contributed by atoms with Crippen molar-refractivity contribution in [2.75, 3.05) is 5.75 Å². The highest BCUT2D eigenvalue weighted by Gasteiger charge is 2.06. The second-order valence-electron chi connectivity index (χ2n) is 4.37. The number of aromatic nitrogens is 2. The Bertz CT molecular complexity index is 593. The average Bonchev–Trinajstić information content (AvgIpc) is 2.40. The second-order valence-corrected chi connectivity index (χ2v) is 5.46. The number of nitrogens with one attached hydrogen (secondary N) is 1. The number of nitrogens with zero attached hydrogens (tertiary/aromatic N) is 1. The summed E-state index contributed by atoms with van der Waals surface area (Å²) in [6.45, 7) is 3.87. The lowest BCUT2D eigenvalue weighted by Crippen LogP contribution is -2.16. The first-order chi connectivity index (χ1) is 9.20. The van der Waals surface area contributed by atoms with Crippen LogP contribution in [0.5, 0.6) is 0 Å². The Kier molecular flexibility index (Phi) is 4.80. The first-order valence-corrected chi connectivity index (χ1v) is 7.45. The third-order valence-corrected chi connectivity index (χ3v) is 3.90. The smallest absolute Gasteiger partial charge is 0.254 e. The summed E-state index contributed by atoms with van der Waals surface area (Å²) in [5, 5.41) is 0.718. The molecule has 0 unspecified atom stereocenters. The van der Waals surface area contributed by atoms with Gasteiger partial charge in [0, 0.05) is 17.0 Å². The van der Waals surface area contributed by atoms with E-state index in [1.165, 1.54) is 5.56 Å². The zero-order chi connectivity index (χ0) is 13.7. The molecule has 0 aliphatic heterocycles. The lowest BCUT2D eigenvalue weighted by molar-refractivity contribution is 0.858. The molecule has 1 heterocycles. The van der Waals surface area contributed by atoms with E-state index in [0.717, 1.165) is 35.0 Å². The van der Waals surface area contributed by atoms with Crippen molar-refractivity contribution in [1.29, 1.82) is 0 Å². The van der Waals surface area contributed by atoms with E-state index in [4.69, 9.17) is 0 Å². The topological polar surface area (TPSA) is 45.8 Å². The number of benzene rings is 1. The van der Waals surface area contributed by atoms with Crippen LogP contribution in [0.1, 0.15) is 23.7 Å². The Balaban J connectivity index is 1.99. The summed E-state index contributed by atoms with van der Waals surface area (Å²) in [6.07, 6.45) is 1.70. The van der Waals surface area contributed by atoms with E-state index in [2.05, 4.69) is 22.1 Å². The Hall–Kier alpha value is -1.55. The number of rotatable bonds is 5. The molecular formula is C15H18N2OS. The molecule has 1 aromatic carbocycles. The monoisotopic (exact) mass is 274 g/mol. The molecule has 0 saturated heterocycles. The summed E-state index contributed by atoms with van der Waals surface area (Å²) in [5.74, 6) is 0.915. The molecule has 4 heteroatoms. The molecule has 1 aromatic heterocycles. The zero-order valence-corrected chi connectivity index (χ0v) is 12.1. The summed E-state index contributed by atoms with van der Waals surface area (Å²) in [6, 6.07) is 10.3. The van der Waals surface area contributed by atoms with Crippen LogP contribution in [0.15, 0.2) is 40.3 Å². The lowest BCUT2D eigenvalue weighted by Gasteiger charge is -2.05. The Morgan fingerprint density at radius 2 is 2.00 bits per heavy atom. The van der Waals surface area contributed by atoms with Gasteiger partial charge in [0.2, 0.25) is 0 Å². The van der Waals surface area contributed by atoms with Gasteiger partial charge in [0.25, 0.3) is 5.56 Å². The molecule has 19 heavy (non-hydrogen) atoms. The van der Waals surface area contributed by atoms with E-state index in [1.807, 2.05) is 32.0 Å². The van der Waals surface area contributed by atoms with Crippen molar-refractivity contribution < 1.29 is 0 Å². The van der Waals surface area contributed by atoms with Gasteiger partial charge in [0.05, 0.1) is 0 Å². The fourth-order valence-corrected chi connectivity index (χ4v) is 2.88. The minimum Gasteiger partial charge on any atom is -0.301 e. The molecule has 0 fully saturated rings. The van der Waals surface area contributed by atoms with E-state index in [0.29, 0.717) is 0 Å². The van der Waals surface area contributed by atoms with E-state index >= 15 is 0 Å². The van der Waals surface area contributed by atoms with E-state index < -0.39 is 0 Å². The predicted molar refractivity (Wildman–Crippen MR) is 79.8 cm³/mol. The molecule has 0 bridgehead atoms. The summed E-state index contributed by atoms with van der Waals surface area (Å²) in [4.78, 5) is 19.1. The van der Waals surface area contributed by atoms with Crippen molar-refractivity contribution >= 4 is 11.8 Å². The van der Waals surface area contributed by atoms with Crippen LogP contribution in [0, 0.1) is 6.92 Å². The van der Waals surface area contributed by atoms with Crippen LogP contribution in [-0.4, -0.2) is 15.7 Å².